The number of rotatable bonds is 9. The van der Waals surface area contributed by atoms with Crippen molar-refractivity contribution >= 4 is 11.4 Å². The highest BCUT2D eigenvalue weighted by Gasteiger charge is 2.18. The van der Waals surface area contributed by atoms with E-state index in [0.717, 1.165) is 62.8 Å². The highest BCUT2D eigenvalue weighted by molar-refractivity contribution is 5.54. The number of anilines is 2. The Morgan fingerprint density at radius 1 is 0.939 bits per heavy atom. The zero-order valence-corrected chi connectivity index (χ0v) is 19.4. The van der Waals surface area contributed by atoms with Crippen molar-refractivity contribution in [3.05, 3.63) is 65.3 Å². The van der Waals surface area contributed by atoms with Crippen LogP contribution in [0.1, 0.15) is 26.7 Å². The number of aromatic nitrogens is 3. The predicted molar refractivity (Wildman–Crippen MR) is 131 cm³/mol. The molecule has 1 aliphatic heterocycles. The van der Waals surface area contributed by atoms with Gasteiger partial charge in [0, 0.05) is 37.6 Å². The van der Waals surface area contributed by atoms with Crippen LogP contribution in [0, 0.1) is 0 Å². The maximum Gasteiger partial charge on any atom is 0.350 e. The van der Waals surface area contributed by atoms with Gasteiger partial charge in [-0.2, -0.15) is 5.10 Å². The van der Waals surface area contributed by atoms with E-state index in [0.29, 0.717) is 0 Å². The molecule has 1 fully saturated rings. The van der Waals surface area contributed by atoms with Gasteiger partial charge in [-0.15, -0.1) is 0 Å². The Balaban J connectivity index is 1.34. The predicted octanol–water partition coefficient (Wildman–Crippen LogP) is 2.92. The second-order valence-electron chi connectivity index (χ2n) is 8.50. The van der Waals surface area contributed by atoms with E-state index in [9.17, 15) is 9.90 Å². The van der Waals surface area contributed by atoms with Gasteiger partial charge in [-0.1, -0.05) is 13.3 Å². The fourth-order valence-electron chi connectivity index (χ4n) is 4.02. The molecule has 1 aliphatic rings. The van der Waals surface area contributed by atoms with E-state index in [2.05, 4.69) is 46.1 Å². The second kappa shape index (κ2) is 10.6. The van der Waals surface area contributed by atoms with Crippen LogP contribution in [-0.4, -0.2) is 58.3 Å². The number of aliphatic hydroxyl groups is 1. The third kappa shape index (κ3) is 5.57. The van der Waals surface area contributed by atoms with Crippen molar-refractivity contribution in [1.82, 2.24) is 14.3 Å². The molecule has 8 heteroatoms. The van der Waals surface area contributed by atoms with Crippen molar-refractivity contribution < 1.29 is 9.84 Å². The van der Waals surface area contributed by atoms with Gasteiger partial charge < -0.3 is 19.6 Å². The molecule has 3 aromatic rings. The molecule has 1 saturated heterocycles. The van der Waals surface area contributed by atoms with Crippen LogP contribution in [0.5, 0.6) is 5.75 Å². The van der Waals surface area contributed by atoms with Gasteiger partial charge in [-0.3, -0.25) is 0 Å². The summed E-state index contributed by atoms with van der Waals surface area (Å²) in [4.78, 5) is 17.2. The molecule has 4 rings (SSSR count). The molecule has 0 saturated carbocycles. The molecular formula is C25H33N5O3. The number of aliphatic hydroxyl groups excluding tert-OH is 1. The first-order chi connectivity index (χ1) is 16.0. The largest absolute Gasteiger partial charge is 0.494 e. The van der Waals surface area contributed by atoms with E-state index in [1.165, 1.54) is 21.3 Å². The zero-order chi connectivity index (χ0) is 23.2. The maximum atomic E-state index is 12.5. The van der Waals surface area contributed by atoms with Gasteiger partial charge in [0.15, 0.2) is 0 Å². The third-order valence-electron chi connectivity index (χ3n) is 5.91. The molecule has 0 spiro atoms. The number of ether oxygens (including phenoxy) is 1. The SMILES string of the molecule is CCCCOc1ccc(N2CCN(c3ccc(-n4cnn(C[C@@H](C)O)c4=O)cc3)CC2)cc1. The minimum Gasteiger partial charge on any atom is -0.494 e. The molecule has 176 valence electrons. The van der Waals surface area contributed by atoms with Gasteiger partial charge in [0.1, 0.15) is 12.1 Å². The smallest absolute Gasteiger partial charge is 0.350 e. The van der Waals surface area contributed by atoms with Crippen molar-refractivity contribution in [3.63, 3.8) is 0 Å². The van der Waals surface area contributed by atoms with Crippen LogP contribution < -0.4 is 20.2 Å². The van der Waals surface area contributed by atoms with Crippen molar-refractivity contribution in [2.24, 2.45) is 0 Å². The average molecular weight is 452 g/mol. The number of hydrogen-bond donors (Lipinski definition) is 1. The minimum absolute atomic E-state index is 0.183. The van der Waals surface area contributed by atoms with Gasteiger partial charge in [-0.05, 0) is 61.9 Å². The topological polar surface area (TPSA) is 75.8 Å². The Kier molecular flexibility index (Phi) is 7.34. The van der Waals surface area contributed by atoms with Gasteiger partial charge in [0.25, 0.3) is 0 Å². The molecule has 2 aromatic carbocycles. The van der Waals surface area contributed by atoms with Crippen molar-refractivity contribution in [1.29, 1.82) is 0 Å². The summed E-state index contributed by atoms with van der Waals surface area (Å²) in [7, 11) is 0. The lowest BCUT2D eigenvalue weighted by Crippen LogP contribution is -2.46. The molecule has 1 atom stereocenters. The van der Waals surface area contributed by atoms with Gasteiger partial charge >= 0.3 is 5.69 Å². The van der Waals surface area contributed by atoms with E-state index >= 15 is 0 Å². The van der Waals surface area contributed by atoms with Crippen molar-refractivity contribution in [2.45, 2.75) is 39.3 Å². The lowest BCUT2D eigenvalue weighted by molar-refractivity contribution is 0.166. The lowest BCUT2D eigenvalue weighted by Gasteiger charge is -2.37. The molecule has 0 unspecified atom stereocenters. The standard InChI is InChI=1S/C25H33N5O3/c1-3-4-17-33-24-11-9-22(10-12-24)28-15-13-27(14-16-28)21-5-7-23(8-6-21)29-19-26-30(25(29)32)18-20(2)31/h5-12,19-20,31H,3-4,13-18H2,1-2H3/t20-/m1/s1. The summed E-state index contributed by atoms with van der Waals surface area (Å²) < 4.78 is 8.55. The Hall–Kier alpha value is -3.26. The van der Waals surface area contributed by atoms with Crippen molar-refractivity contribution in [3.8, 4) is 11.4 Å². The zero-order valence-electron chi connectivity index (χ0n) is 19.4. The first-order valence-electron chi connectivity index (χ1n) is 11.7. The van der Waals surface area contributed by atoms with Crippen LogP contribution in [0.3, 0.4) is 0 Å². The molecule has 0 amide bonds. The van der Waals surface area contributed by atoms with Gasteiger partial charge in [0.2, 0.25) is 0 Å². The quantitative estimate of drug-likeness (QED) is 0.504. The van der Waals surface area contributed by atoms with Crippen LogP contribution >= 0.6 is 0 Å². The van der Waals surface area contributed by atoms with E-state index in [1.807, 2.05) is 24.3 Å². The van der Waals surface area contributed by atoms with Crippen LogP contribution in [0.15, 0.2) is 59.7 Å². The molecule has 0 bridgehead atoms. The molecule has 1 aromatic heterocycles. The summed E-state index contributed by atoms with van der Waals surface area (Å²) in [5.41, 5.74) is 2.88. The Morgan fingerprint density at radius 2 is 1.48 bits per heavy atom. The van der Waals surface area contributed by atoms with E-state index in [1.54, 1.807) is 6.92 Å². The number of hydrogen-bond acceptors (Lipinski definition) is 6. The summed E-state index contributed by atoms with van der Waals surface area (Å²) in [6.45, 7) is 8.51. The summed E-state index contributed by atoms with van der Waals surface area (Å²) >= 11 is 0. The van der Waals surface area contributed by atoms with E-state index in [4.69, 9.17) is 4.74 Å². The van der Waals surface area contributed by atoms with Gasteiger partial charge in [-0.25, -0.2) is 14.0 Å². The number of nitrogens with zero attached hydrogens (tertiary/aromatic N) is 5. The third-order valence-corrected chi connectivity index (χ3v) is 5.91. The minimum atomic E-state index is -0.621. The van der Waals surface area contributed by atoms with Crippen LogP contribution in [0.2, 0.25) is 0 Å². The van der Waals surface area contributed by atoms with Crippen LogP contribution in [0.4, 0.5) is 11.4 Å². The average Bonchev–Trinajstić information content (AvgIpc) is 3.19. The van der Waals surface area contributed by atoms with Crippen molar-refractivity contribution in [2.75, 3.05) is 42.6 Å². The molecule has 0 radical (unpaired) electrons. The second-order valence-corrected chi connectivity index (χ2v) is 8.50. The number of benzene rings is 2. The maximum absolute atomic E-state index is 12.5. The molecule has 33 heavy (non-hydrogen) atoms. The van der Waals surface area contributed by atoms with E-state index in [-0.39, 0.29) is 12.2 Å². The lowest BCUT2D eigenvalue weighted by atomic mass is 10.2. The Bertz CT molecular complexity index is 1060. The molecule has 0 aliphatic carbocycles. The fraction of sp³-hybridized carbons (Fsp3) is 0.440. The normalized spacial score (nSPS) is 15.0. The Labute approximate surface area is 194 Å². The monoisotopic (exact) mass is 451 g/mol. The van der Waals surface area contributed by atoms with Gasteiger partial charge in [0.05, 0.1) is 24.9 Å². The molecule has 8 nitrogen and oxygen atoms in total. The first kappa shape index (κ1) is 22.9. The summed E-state index contributed by atoms with van der Waals surface area (Å²) in [5, 5.41) is 13.6. The summed E-state index contributed by atoms with van der Waals surface area (Å²) in [6, 6.07) is 16.4. The summed E-state index contributed by atoms with van der Waals surface area (Å²) in [6.07, 6.45) is 3.09. The highest BCUT2D eigenvalue weighted by atomic mass is 16.5. The molecular weight excluding hydrogens is 418 g/mol. The number of unbranched alkanes of at least 4 members (excludes halogenated alkanes) is 1. The first-order valence-corrected chi connectivity index (χ1v) is 11.7. The van der Waals surface area contributed by atoms with Crippen LogP contribution in [-0.2, 0) is 6.54 Å². The summed E-state index contributed by atoms with van der Waals surface area (Å²) in [5.74, 6) is 0.932. The fourth-order valence-corrected chi connectivity index (χ4v) is 4.02. The Morgan fingerprint density at radius 3 is 2.03 bits per heavy atom. The van der Waals surface area contributed by atoms with E-state index < -0.39 is 6.10 Å². The highest BCUT2D eigenvalue weighted by Crippen LogP contribution is 2.23. The molecule has 2 heterocycles. The van der Waals surface area contributed by atoms with Crippen LogP contribution in [0.25, 0.3) is 5.69 Å². The molecule has 1 N–H and O–H groups in total. The number of piperazine rings is 1.